The Bertz CT molecular complexity index is 3010. The highest BCUT2D eigenvalue weighted by atomic mass is 32.1. The first-order valence-corrected chi connectivity index (χ1v) is 27.2. The van der Waals surface area contributed by atoms with Crippen LogP contribution in [0.5, 0.6) is 0 Å². The number of benzene rings is 3. The van der Waals surface area contributed by atoms with Crippen LogP contribution in [-0.4, -0.2) is 91.2 Å². The minimum Gasteiger partial charge on any atom is -0.339 e. The van der Waals surface area contributed by atoms with Crippen LogP contribution in [0.2, 0.25) is 0 Å². The molecule has 2 fully saturated rings. The molecular formula is C52H55F2N6O9PS2. The second-order valence-corrected chi connectivity index (χ2v) is 23.0. The number of nitrogens with one attached hydrogen (secondary N) is 2. The van der Waals surface area contributed by atoms with Crippen LogP contribution in [0.1, 0.15) is 122 Å². The van der Waals surface area contributed by atoms with Crippen molar-refractivity contribution in [3.8, 4) is 22.4 Å². The molecule has 3 aliphatic heterocycles. The molecule has 0 bridgehead atoms. The largest absolute Gasteiger partial charge is 0.399 e. The van der Waals surface area contributed by atoms with Gasteiger partial charge in [0.25, 0.3) is 11.8 Å². The number of unbranched alkanes of at least 4 members (excludes halogenated alkanes) is 5. The average Bonchev–Trinajstić information content (AvgIpc) is 4.18. The lowest BCUT2D eigenvalue weighted by Crippen LogP contribution is -2.58. The Hall–Kier alpha value is -6.16. The third kappa shape index (κ3) is 11.2. The van der Waals surface area contributed by atoms with Gasteiger partial charge in [0.05, 0.1) is 4.88 Å². The van der Waals surface area contributed by atoms with Crippen molar-refractivity contribution < 1.29 is 51.9 Å². The predicted octanol–water partition coefficient (Wildman–Crippen LogP) is 8.57. The van der Waals surface area contributed by atoms with E-state index in [1.807, 2.05) is 35.7 Å². The summed E-state index contributed by atoms with van der Waals surface area (Å²) in [6.07, 6.45) is 7.98. The van der Waals surface area contributed by atoms with Crippen LogP contribution in [0, 0.1) is 17.3 Å². The van der Waals surface area contributed by atoms with Gasteiger partial charge in [-0.15, -0.1) is 22.7 Å². The maximum atomic E-state index is 14.8. The summed E-state index contributed by atoms with van der Waals surface area (Å²) in [7, 11) is -5.82. The van der Waals surface area contributed by atoms with Crippen molar-refractivity contribution in [1.29, 1.82) is 0 Å². The summed E-state index contributed by atoms with van der Waals surface area (Å²) in [6, 6.07) is 14.9. The van der Waals surface area contributed by atoms with Crippen LogP contribution < -0.4 is 15.5 Å². The summed E-state index contributed by atoms with van der Waals surface area (Å²) in [6.45, 7) is 6.34. The van der Waals surface area contributed by atoms with Gasteiger partial charge in [-0.3, -0.25) is 38.6 Å². The zero-order valence-corrected chi connectivity index (χ0v) is 42.5. The number of amides is 6. The minimum atomic E-state index is -5.82. The van der Waals surface area contributed by atoms with Gasteiger partial charge in [-0.2, -0.15) is 8.78 Å². The third-order valence-corrected chi connectivity index (χ3v) is 16.2. The number of rotatable bonds is 16. The highest BCUT2D eigenvalue weighted by Gasteiger charge is 2.50. The van der Waals surface area contributed by atoms with E-state index in [1.54, 1.807) is 48.9 Å². The van der Waals surface area contributed by atoms with E-state index in [4.69, 9.17) is 0 Å². The van der Waals surface area contributed by atoms with E-state index in [1.165, 1.54) is 28.4 Å². The molecule has 3 atom stereocenters. The summed E-state index contributed by atoms with van der Waals surface area (Å²) in [5.74, 6) is 4.14. The minimum absolute atomic E-state index is 0.105. The molecule has 8 rings (SSSR count). The molecule has 3 aliphatic rings. The maximum absolute atomic E-state index is 14.8. The lowest BCUT2D eigenvalue weighted by Gasteiger charge is -2.36. The summed E-state index contributed by atoms with van der Waals surface area (Å²) in [5.41, 5.74) is -2.51. The maximum Gasteiger partial charge on any atom is 0.399 e. The number of hydrogen-bond donors (Lipinski definition) is 4. The number of hydrogen-bond acceptors (Lipinski definition) is 10. The molecule has 4 N–H and O–H groups in total. The van der Waals surface area contributed by atoms with Gasteiger partial charge in [0, 0.05) is 76.7 Å². The number of carbonyl (C=O) groups excluding carboxylic acids is 6. The molecule has 6 amide bonds. The van der Waals surface area contributed by atoms with Crippen LogP contribution >= 0.6 is 30.3 Å². The van der Waals surface area contributed by atoms with Crippen molar-refractivity contribution in [1.82, 2.24) is 25.4 Å². The van der Waals surface area contributed by atoms with Crippen molar-refractivity contribution >= 4 is 81.5 Å². The summed E-state index contributed by atoms with van der Waals surface area (Å²) in [4.78, 5) is 108. The SMILES string of the molecule is CC(C)(C)[C@H](NC(=O)c1cc2cc(C(F)(F)P(=O)(O)O)ccc2s1)C(=O)N1CCC[C@H]1C(=O)N(CCCCCCCC#Cc1cccc2c1CN(C1CCC(=O)NC1=O)C2=O)c1ccc(-c2nccs2)cc1. The topological polar surface area (TPSA) is 207 Å². The standard InChI is InChI=1S/C52H55F2N6O9PS2/c1-51(2,3)44(57-46(63)42-30-34-29-35(19-23-41(34)72-42)52(53,54)70(67,68)69)50(66)59-27-12-16-40(59)49(65)58(36-20-17-33(18-21-36)47-55-25-28-71-47)26-10-8-6-4-5-7-9-13-32-14-11-15-37-38(32)31-60(48(37)64)39-22-24-43(61)56-45(39)62/h11,14-15,17-21,23,25,28-30,39-40,44H,4-8,10,12,16,22,24,26-27,31H2,1-3H3,(H,57,63)(H,56,61,62)(H2,67,68,69)/t39?,40-,44+/m0/s1. The molecular weight excluding hydrogens is 986 g/mol. The zero-order chi connectivity index (χ0) is 51.5. The van der Waals surface area contributed by atoms with Crippen molar-refractivity contribution in [3.63, 3.8) is 0 Å². The molecule has 0 saturated carbocycles. The van der Waals surface area contributed by atoms with Crippen LogP contribution in [-0.2, 0) is 36.0 Å². The van der Waals surface area contributed by atoms with Crippen molar-refractivity contribution in [2.24, 2.45) is 5.41 Å². The molecule has 5 aromatic rings. The summed E-state index contributed by atoms with van der Waals surface area (Å²) in [5, 5.41) is 8.10. The van der Waals surface area contributed by atoms with Gasteiger partial charge in [0.2, 0.25) is 23.6 Å². The quantitative estimate of drug-likeness (QED) is 0.0321. The van der Waals surface area contributed by atoms with Gasteiger partial charge in [-0.25, -0.2) is 4.98 Å². The molecule has 2 aromatic heterocycles. The molecule has 5 heterocycles. The van der Waals surface area contributed by atoms with Gasteiger partial charge in [0.1, 0.15) is 23.1 Å². The fraction of sp³-hybridized carbons (Fsp3) is 0.404. The molecule has 0 radical (unpaired) electrons. The number of imide groups is 1. The Balaban J connectivity index is 0.899. The molecule has 1 unspecified atom stereocenters. The molecule has 72 heavy (non-hydrogen) atoms. The van der Waals surface area contributed by atoms with E-state index in [-0.39, 0.29) is 47.4 Å². The van der Waals surface area contributed by atoms with Crippen molar-refractivity contribution in [3.05, 3.63) is 105 Å². The first kappa shape index (κ1) is 52.2. The summed E-state index contributed by atoms with van der Waals surface area (Å²) >= 11 is 2.49. The molecule has 0 aliphatic carbocycles. The molecule has 378 valence electrons. The normalized spacial score (nSPS) is 17.6. The monoisotopic (exact) mass is 1040 g/mol. The number of piperidine rings is 1. The number of carbonyl (C=O) groups is 6. The number of thiophene rings is 1. The van der Waals surface area contributed by atoms with Gasteiger partial charge >= 0.3 is 13.3 Å². The van der Waals surface area contributed by atoms with E-state index >= 15 is 0 Å². The highest BCUT2D eigenvalue weighted by Crippen LogP contribution is 2.59. The van der Waals surface area contributed by atoms with Crippen molar-refractivity contribution in [2.45, 2.75) is 115 Å². The predicted molar refractivity (Wildman–Crippen MR) is 270 cm³/mol. The number of alkyl halides is 2. The molecule has 3 aromatic carbocycles. The molecule has 2 saturated heterocycles. The third-order valence-electron chi connectivity index (χ3n) is 13.3. The first-order chi connectivity index (χ1) is 34.2. The lowest BCUT2D eigenvalue weighted by atomic mass is 9.85. The number of aromatic nitrogens is 1. The Kier molecular flexibility index (Phi) is 15.6. The first-order valence-electron chi connectivity index (χ1n) is 23.9. The fourth-order valence-corrected chi connectivity index (χ4v) is 11.5. The zero-order valence-electron chi connectivity index (χ0n) is 40.0. The molecule has 15 nitrogen and oxygen atoms in total. The van der Waals surface area contributed by atoms with Gasteiger partial charge in [0.15, 0.2) is 0 Å². The molecule has 0 spiro atoms. The fourth-order valence-electron chi connectivity index (χ4n) is 9.38. The van der Waals surface area contributed by atoms with Crippen LogP contribution in [0.25, 0.3) is 20.7 Å². The summed E-state index contributed by atoms with van der Waals surface area (Å²) < 4.78 is 41.0. The number of anilines is 1. The van der Waals surface area contributed by atoms with E-state index in [0.29, 0.717) is 54.7 Å². The van der Waals surface area contributed by atoms with Crippen LogP contribution in [0.4, 0.5) is 14.5 Å². The lowest BCUT2D eigenvalue weighted by molar-refractivity contribution is -0.141. The van der Waals surface area contributed by atoms with Gasteiger partial charge < -0.3 is 29.8 Å². The Labute approximate surface area is 423 Å². The second-order valence-electron chi connectivity index (χ2n) is 19.3. The van der Waals surface area contributed by atoms with Gasteiger partial charge in [-0.1, -0.05) is 64.0 Å². The number of likely N-dealkylation sites (tertiary alicyclic amines) is 1. The Morgan fingerprint density at radius 2 is 1.74 bits per heavy atom. The van der Waals surface area contributed by atoms with Crippen LogP contribution in [0.15, 0.2) is 78.3 Å². The Morgan fingerprint density at radius 3 is 2.44 bits per heavy atom. The van der Waals surface area contributed by atoms with E-state index in [9.17, 15) is 51.9 Å². The Morgan fingerprint density at radius 1 is 0.986 bits per heavy atom. The smallest absolute Gasteiger partial charge is 0.339 e. The second kappa shape index (κ2) is 21.5. The van der Waals surface area contributed by atoms with Crippen LogP contribution in [0.3, 0.4) is 0 Å². The number of thiazole rings is 1. The number of fused-ring (bicyclic) bond motifs is 2. The van der Waals surface area contributed by atoms with Crippen molar-refractivity contribution in [2.75, 3.05) is 18.0 Å². The number of halogens is 2. The number of nitrogens with zero attached hydrogens (tertiary/aromatic N) is 4. The molecule has 20 heteroatoms. The average molecular weight is 1040 g/mol. The van der Waals surface area contributed by atoms with E-state index < -0.39 is 60.1 Å². The van der Waals surface area contributed by atoms with Gasteiger partial charge in [-0.05, 0) is 103 Å². The highest BCUT2D eigenvalue weighted by molar-refractivity contribution is 7.52. The van der Waals surface area contributed by atoms with E-state index in [0.717, 1.165) is 70.9 Å². The van der Waals surface area contributed by atoms with E-state index in [2.05, 4.69) is 27.5 Å².